The van der Waals surface area contributed by atoms with Crippen LogP contribution in [-0.2, 0) is 0 Å². The highest BCUT2D eigenvalue weighted by Crippen LogP contribution is 2.28. The fourth-order valence-corrected chi connectivity index (χ4v) is 2.54. The van der Waals surface area contributed by atoms with Crippen LogP contribution in [0.1, 0.15) is 22.8 Å². The maximum absolute atomic E-state index is 5.83. The Labute approximate surface area is 110 Å². The molecule has 0 radical (unpaired) electrons. The van der Waals surface area contributed by atoms with E-state index in [0.717, 1.165) is 22.0 Å². The lowest BCUT2D eigenvalue weighted by Gasteiger charge is -2.07. The van der Waals surface area contributed by atoms with E-state index < -0.39 is 0 Å². The Kier molecular flexibility index (Phi) is 3.47. The largest absolute Gasteiger partial charge is 0.383 e. The van der Waals surface area contributed by atoms with Crippen LogP contribution < -0.4 is 5.73 Å². The SMILES string of the molecule is Cc1cc(C)nc(Sc2nc(C)nc(N)c2C)n1. The van der Waals surface area contributed by atoms with E-state index in [2.05, 4.69) is 19.9 Å². The summed E-state index contributed by atoms with van der Waals surface area (Å²) in [6, 6.07) is 1.94. The van der Waals surface area contributed by atoms with Gasteiger partial charge in [-0.05, 0) is 45.5 Å². The predicted octanol–water partition coefficient (Wildman–Crippen LogP) is 2.23. The molecule has 0 spiro atoms. The molecular formula is C12H15N5S. The zero-order chi connectivity index (χ0) is 13.3. The van der Waals surface area contributed by atoms with Gasteiger partial charge in [0.25, 0.3) is 0 Å². The summed E-state index contributed by atoms with van der Waals surface area (Å²) in [5.41, 5.74) is 8.59. The van der Waals surface area contributed by atoms with Crippen molar-refractivity contribution in [2.45, 2.75) is 37.9 Å². The monoisotopic (exact) mass is 261 g/mol. The second-order valence-corrected chi connectivity index (χ2v) is 5.08. The van der Waals surface area contributed by atoms with Gasteiger partial charge in [0.1, 0.15) is 16.7 Å². The van der Waals surface area contributed by atoms with Crippen LogP contribution in [0, 0.1) is 27.7 Å². The fourth-order valence-electron chi connectivity index (χ4n) is 1.55. The number of nitrogens with zero attached hydrogens (tertiary/aromatic N) is 4. The van der Waals surface area contributed by atoms with E-state index >= 15 is 0 Å². The molecule has 6 heteroatoms. The first-order valence-corrected chi connectivity index (χ1v) is 6.38. The van der Waals surface area contributed by atoms with Crippen molar-refractivity contribution in [3.8, 4) is 0 Å². The lowest BCUT2D eigenvalue weighted by molar-refractivity contribution is 0.889. The van der Waals surface area contributed by atoms with Crippen LogP contribution in [0.5, 0.6) is 0 Å². The van der Waals surface area contributed by atoms with Crippen molar-refractivity contribution in [1.82, 2.24) is 19.9 Å². The Morgan fingerprint density at radius 1 is 0.944 bits per heavy atom. The van der Waals surface area contributed by atoms with Gasteiger partial charge in [0.05, 0.1) is 0 Å². The highest BCUT2D eigenvalue weighted by atomic mass is 32.2. The van der Waals surface area contributed by atoms with E-state index in [-0.39, 0.29) is 0 Å². The van der Waals surface area contributed by atoms with E-state index in [1.165, 1.54) is 11.8 Å². The average molecular weight is 261 g/mol. The smallest absolute Gasteiger partial charge is 0.194 e. The zero-order valence-corrected chi connectivity index (χ0v) is 11.7. The van der Waals surface area contributed by atoms with Crippen molar-refractivity contribution in [3.63, 3.8) is 0 Å². The van der Waals surface area contributed by atoms with Gasteiger partial charge in [-0.1, -0.05) is 0 Å². The number of anilines is 1. The fraction of sp³-hybridized carbons (Fsp3) is 0.333. The molecule has 18 heavy (non-hydrogen) atoms. The Morgan fingerprint density at radius 3 is 2.17 bits per heavy atom. The molecule has 0 aliphatic heterocycles. The van der Waals surface area contributed by atoms with Crippen molar-refractivity contribution in [2.24, 2.45) is 0 Å². The Morgan fingerprint density at radius 2 is 1.56 bits per heavy atom. The molecule has 0 bridgehead atoms. The van der Waals surface area contributed by atoms with Crippen LogP contribution in [0.25, 0.3) is 0 Å². The van der Waals surface area contributed by atoms with Crippen LogP contribution in [0.4, 0.5) is 5.82 Å². The second-order valence-electron chi connectivity index (χ2n) is 4.12. The van der Waals surface area contributed by atoms with Crippen LogP contribution >= 0.6 is 11.8 Å². The zero-order valence-electron chi connectivity index (χ0n) is 10.9. The van der Waals surface area contributed by atoms with Gasteiger partial charge in [0.2, 0.25) is 0 Å². The molecule has 2 heterocycles. The molecule has 0 saturated carbocycles. The normalized spacial score (nSPS) is 10.7. The predicted molar refractivity (Wildman–Crippen MR) is 71.5 cm³/mol. The summed E-state index contributed by atoms with van der Waals surface area (Å²) in [5, 5.41) is 1.50. The lowest BCUT2D eigenvalue weighted by Crippen LogP contribution is -2.02. The topological polar surface area (TPSA) is 77.6 Å². The molecule has 0 aromatic carbocycles. The summed E-state index contributed by atoms with van der Waals surface area (Å²) >= 11 is 1.42. The van der Waals surface area contributed by atoms with Gasteiger partial charge in [-0.25, -0.2) is 19.9 Å². The van der Waals surface area contributed by atoms with E-state index in [0.29, 0.717) is 16.8 Å². The number of nitrogen functional groups attached to an aromatic ring is 1. The minimum atomic E-state index is 0.509. The van der Waals surface area contributed by atoms with Gasteiger partial charge in [0, 0.05) is 17.0 Å². The van der Waals surface area contributed by atoms with Gasteiger partial charge in [-0.2, -0.15) is 0 Å². The average Bonchev–Trinajstić information content (AvgIpc) is 2.23. The van der Waals surface area contributed by atoms with Gasteiger partial charge in [-0.3, -0.25) is 0 Å². The summed E-state index contributed by atoms with van der Waals surface area (Å²) in [6.45, 7) is 7.62. The first-order valence-electron chi connectivity index (χ1n) is 5.56. The number of rotatable bonds is 2. The molecule has 5 nitrogen and oxygen atoms in total. The van der Waals surface area contributed by atoms with Crippen LogP contribution in [0.3, 0.4) is 0 Å². The lowest BCUT2D eigenvalue weighted by atomic mass is 10.3. The molecule has 0 aliphatic carbocycles. The third-order valence-electron chi connectivity index (χ3n) is 2.40. The molecule has 0 fully saturated rings. The Hall–Kier alpha value is -1.69. The summed E-state index contributed by atoms with van der Waals surface area (Å²) < 4.78 is 0. The van der Waals surface area contributed by atoms with Crippen molar-refractivity contribution in [3.05, 3.63) is 28.8 Å². The van der Waals surface area contributed by atoms with E-state index in [4.69, 9.17) is 5.73 Å². The molecule has 0 amide bonds. The first-order chi connectivity index (χ1) is 8.45. The van der Waals surface area contributed by atoms with Crippen molar-refractivity contribution < 1.29 is 0 Å². The molecule has 2 aromatic rings. The molecule has 2 N–H and O–H groups in total. The minimum Gasteiger partial charge on any atom is -0.383 e. The number of hydrogen-bond acceptors (Lipinski definition) is 6. The second kappa shape index (κ2) is 4.89. The Bertz CT molecular complexity index is 577. The molecule has 0 atom stereocenters. The summed E-state index contributed by atoms with van der Waals surface area (Å²) in [6.07, 6.45) is 0. The van der Waals surface area contributed by atoms with Crippen LogP contribution in [0.15, 0.2) is 16.2 Å². The number of aromatic nitrogens is 4. The number of nitrogens with two attached hydrogens (primary N) is 1. The standard InChI is InChI=1S/C12H15N5S/c1-6-5-7(2)15-12(14-6)18-11-8(3)10(13)16-9(4)17-11/h5H,1-4H3,(H2,13,16,17). The molecular weight excluding hydrogens is 246 g/mol. The third-order valence-corrected chi connectivity index (χ3v) is 3.36. The molecule has 2 rings (SSSR count). The molecule has 94 valence electrons. The van der Waals surface area contributed by atoms with Gasteiger partial charge in [-0.15, -0.1) is 0 Å². The van der Waals surface area contributed by atoms with E-state index in [1.807, 2.05) is 33.8 Å². The van der Waals surface area contributed by atoms with Gasteiger partial charge < -0.3 is 5.73 Å². The number of aryl methyl sites for hydroxylation is 3. The molecule has 0 unspecified atom stereocenters. The van der Waals surface area contributed by atoms with E-state index in [1.54, 1.807) is 0 Å². The van der Waals surface area contributed by atoms with E-state index in [9.17, 15) is 0 Å². The molecule has 0 saturated heterocycles. The van der Waals surface area contributed by atoms with Gasteiger partial charge >= 0.3 is 0 Å². The summed E-state index contributed by atoms with van der Waals surface area (Å²) in [7, 11) is 0. The minimum absolute atomic E-state index is 0.509. The maximum Gasteiger partial charge on any atom is 0.194 e. The Balaban J connectivity index is 2.39. The molecule has 2 aromatic heterocycles. The number of hydrogen-bond donors (Lipinski definition) is 1. The van der Waals surface area contributed by atoms with Gasteiger partial charge in [0.15, 0.2) is 5.16 Å². The third kappa shape index (κ3) is 2.76. The van der Waals surface area contributed by atoms with Crippen LogP contribution in [0.2, 0.25) is 0 Å². The quantitative estimate of drug-likeness (QED) is 0.660. The summed E-state index contributed by atoms with van der Waals surface area (Å²) in [4.78, 5) is 17.3. The highest BCUT2D eigenvalue weighted by Gasteiger charge is 2.10. The van der Waals surface area contributed by atoms with Crippen LogP contribution in [-0.4, -0.2) is 19.9 Å². The highest BCUT2D eigenvalue weighted by molar-refractivity contribution is 7.99. The summed E-state index contributed by atoms with van der Waals surface area (Å²) in [5.74, 6) is 1.17. The van der Waals surface area contributed by atoms with Crippen molar-refractivity contribution in [2.75, 3.05) is 5.73 Å². The first kappa shape index (κ1) is 12.8. The van der Waals surface area contributed by atoms with Crippen molar-refractivity contribution >= 4 is 17.6 Å². The molecule has 0 aliphatic rings. The maximum atomic E-state index is 5.83. The van der Waals surface area contributed by atoms with Crippen molar-refractivity contribution in [1.29, 1.82) is 0 Å².